The van der Waals surface area contributed by atoms with E-state index in [1.54, 1.807) is 6.07 Å². The summed E-state index contributed by atoms with van der Waals surface area (Å²) in [7, 11) is 0. The van der Waals surface area contributed by atoms with Crippen molar-refractivity contribution in [2.75, 3.05) is 0 Å². The van der Waals surface area contributed by atoms with Crippen LogP contribution in [0.4, 0.5) is 0 Å². The van der Waals surface area contributed by atoms with Crippen LogP contribution in [0.3, 0.4) is 0 Å². The first kappa shape index (κ1) is 7.80. The lowest BCUT2D eigenvalue weighted by molar-refractivity contribution is 0.669. The Balaban J connectivity index is 2.13. The molecule has 0 atom stereocenters. The highest BCUT2D eigenvalue weighted by atomic mass is 16.3. The van der Waals surface area contributed by atoms with Crippen LogP contribution in [0.1, 0.15) is 4.11 Å². The molecule has 0 bridgehead atoms. The van der Waals surface area contributed by atoms with Gasteiger partial charge in [-0.1, -0.05) is 60.6 Å². The Morgan fingerprint density at radius 3 is 2.68 bits per heavy atom. The van der Waals surface area contributed by atoms with E-state index in [2.05, 4.69) is 0 Å². The number of rotatable bonds is 1. The van der Waals surface area contributed by atoms with Gasteiger partial charge in [0.05, 0.1) is 4.11 Å². The molecular formula is C18H12O. The summed E-state index contributed by atoms with van der Waals surface area (Å²) in [6, 6.07) is 17.0. The van der Waals surface area contributed by atoms with Crippen molar-refractivity contribution < 1.29 is 8.53 Å². The van der Waals surface area contributed by atoms with Gasteiger partial charge in [0.15, 0.2) is 0 Å². The third kappa shape index (κ3) is 1.55. The molecule has 0 amide bonds. The van der Waals surface area contributed by atoms with E-state index in [1.165, 1.54) is 6.07 Å². The second-order valence-electron chi connectivity index (χ2n) is 4.41. The van der Waals surface area contributed by atoms with Crippen LogP contribution in [-0.4, -0.2) is 0 Å². The minimum Gasteiger partial charge on any atom is -0.456 e. The van der Waals surface area contributed by atoms with Crippen LogP contribution in [0.5, 0.6) is 0 Å². The fraction of sp³-hybridized carbons (Fsp3) is 0. The van der Waals surface area contributed by atoms with Crippen molar-refractivity contribution in [2.45, 2.75) is 0 Å². The molecule has 0 saturated heterocycles. The second-order valence-corrected chi connectivity index (χ2v) is 4.41. The van der Waals surface area contributed by atoms with Crippen LogP contribution in [0.15, 0.2) is 77.1 Å². The Hall–Kier alpha value is -2.54. The monoisotopic (exact) mass is 247 g/mol. The van der Waals surface area contributed by atoms with Crippen LogP contribution in [0.2, 0.25) is 0 Å². The van der Waals surface area contributed by atoms with Crippen LogP contribution in [-0.2, 0) is 0 Å². The maximum absolute atomic E-state index is 8.15. The molecule has 90 valence electrons. The van der Waals surface area contributed by atoms with Gasteiger partial charge in [0, 0.05) is 10.8 Å². The predicted octanol–water partition coefficient (Wildman–Crippen LogP) is 5.25. The quantitative estimate of drug-likeness (QED) is 0.447. The molecule has 1 nitrogen and oxygen atoms in total. The third-order valence-corrected chi connectivity index (χ3v) is 3.29. The van der Waals surface area contributed by atoms with E-state index < -0.39 is 0 Å². The maximum atomic E-state index is 8.15. The summed E-state index contributed by atoms with van der Waals surface area (Å²) in [5, 5.41) is 1.94. The zero-order valence-electron chi connectivity index (χ0n) is 13.1. The Morgan fingerprint density at radius 2 is 1.68 bits per heavy atom. The Kier molecular flexibility index (Phi) is 1.64. The van der Waals surface area contributed by atoms with Crippen molar-refractivity contribution >= 4 is 21.9 Å². The molecule has 0 aliphatic heterocycles. The van der Waals surface area contributed by atoms with Gasteiger partial charge in [-0.2, -0.15) is 0 Å². The van der Waals surface area contributed by atoms with Gasteiger partial charge in [-0.05, 0) is 23.3 Å². The van der Waals surface area contributed by atoms with Crippen LogP contribution >= 0.6 is 0 Å². The summed E-state index contributed by atoms with van der Waals surface area (Å²) < 4.78 is 29.5. The molecule has 0 aliphatic carbocycles. The molecule has 4 rings (SSSR count). The van der Waals surface area contributed by atoms with E-state index >= 15 is 0 Å². The first-order chi connectivity index (χ1) is 10.6. The van der Waals surface area contributed by atoms with Gasteiger partial charge >= 0.3 is 0 Å². The highest BCUT2D eigenvalue weighted by Gasteiger charge is 2.11. The van der Waals surface area contributed by atoms with Crippen molar-refractivity contribution in [1.82, 2.24) is 0 Å². The topological polar surface area (TPSA) is 13.1 Å². The zero-order chi connectivity index (χ0) is 15.3. The number of hydrogen-bond acceptors (Lipinski definition) is 1. The largest absolute Gasteiger partial charge is 0.456 e. The number of para-hydroxylation sites is 1. The van der Waals surface area contributed by atoms with Gasteiger partial charge in [-0.25, -0.2) is 0 Å². The molecule has 0 fully saturated rings. The lowest BCUT2D eigenvalue weighted by atomic mass is 10.00. The van der Waals surface area contributed by atoms with Crippen LogP contribution in [0.25, 0.3) is 33.1 Å². The van der Waals surface area contributed by atoms with Crippen LogP contribution in [0, 0.1) is 0 Å². The molecule has 0 radical (unpaired) electrons. The summed E-state index contributed by atoms with van der Waals surface area (Å²) in [6.07, 6.45) is 0. The maximum Gasteiger partial charge on any atom is 0.136 e. The van der Waals surface area contributed by atoms with E-state index in [0.29, 0.717) is 5.56 Å². The van der Waals surface area contributed by atoms with Crippen molar-refractivity contribution in [3.8, 4) is 11.1 Å². The normalized spacial score (nSPS) is 13.4. The zero-order valence-corrected chi connectivity index (χ0v) is 10.1. The van der Waals surface area contributed by atoms with Crippen molar-refractivity contribution in [3.05, 3.63) is 72.7 Å². The van der Waals surface area contributed by atoms with Gasteiger partial charge in [-0.3, -0.25) is 0 Å². The number of fused-ring (bicyclic) bond motifs is 3. The molecule has 19 heavy (non-hydrogen) atoms. The number of furan rings is 1. The minimum atomic E-state index is 0.0676. The standard InChI is InChI=1S/C18H12O/c1-2-7-13(8-3-1)14-10-6-12-17-18(14)15-9-4-5-11-16(15)19-17/h1-12H/i1D,2D,8D. The predicted molar refractivity (Wildman–Crippen MR) is 79.2 cm³/mol. The molecule has 1 aromatic heterocycles. The Bertz CT molecular complexity index is 1020. The minimum absolute atomic E-state index is 0.0676. The number of hydrogen-bond donors (Lipinski definition) is 0. The lowest BCUT2D eigenvalue weighted by Crippen LogP contribution is -1.78. The van der Waals surface area contributed by atoms with Crippen LogP contribution < -0.4 is 0 Å². The molecule has 1 heteroatoms. The Morgan fingerprint density at radius 1 is 0.789 bits per heavy atom. The first-order valence-corrected chi connectivity index (χ1v) is 6.13. The van der Waals surface area contributed by atoms with Gasteiger partial charge in [0.1, 0.15) is 11.2 Å². The summed E-state index contributed by atoms with van der Waals surface area (Å²) in [6.45, 7) is 0. The fourth-order valence-electron chi connectivity index (χ4n) is 2.47. The summed E-state index contributed by atoms with van der Waals surface area (Å²) >= 11 is 0. The van der Waals surface area contributed by atoms with Gasteiger partial charge in [-0.15, -0.1) is 0 Å². The van der Waals surface area contributed by atoms with E-state index in [9.17, 15) is 0 Å². The molecule has 1 heterocycles. The second kappa shape index (κ2) is 3.99. The summed E-state index contributed by atoms with van der Waals surface area (Å²) in [4.78, 5) is 0. The average molecular weight is 247 g/mol. The average Bonchev–Trinajstić information content (AvgIpc) is 2.89. The molecular weight excluding hydrogens is 232 g/mol. The highest BCUT2D eigenvalue weighted by molar-refractivity contribution is 6.12. The van der Waals surface area contributed by atoms with E-state index in [1.807, 2.05) is 42.5 Å². The lowest BCUT2D eigenvalue weighted by Gasteiger charge is -2.03. The van der Waals surface area contributed by atoms with Gasteiger partial charge in [0.25, 0.3) is 0 Å². The van der Waals surface area contributed by atoms with Gasteiger partial charge < -0.3 is 4.42 Å². The van der Waals surface area contributed by atoms with Crippen molar-refractivity contribution in [1.29, 1.82) is 0 Å². The SMILES string of the molecule is [2H]c1cc([2H])c(-c2cccc3oc4ccccc4c23)cc1[2H]. The molecule has 0 aliphatic rings. The van der Waals surface area contributed by atoms with Crippen molar-refractivity contribution in [3.63, 3.8) is 0 Å². The molecule has 4 aromatic rings. The molecule has 0 spiro atoms. The molecule has 0 unspecified atom stereocenters. The first-order valence-electron chi connectivity index (χ1n) is 7.63. The fourth-order valence-corrected chi connectivity index (χ4v) is 2.47. The van der Waals surface area contributed by atoms with Gasteiger partial charge in [0.2, 0.25) is 0 Å². The summed E-state index contributed by atoms with van der Waals surface area (Å²) in [5.41, 5.74) is 3.08. The molecule has 3 aromatic carbocycles. The van der Waals surface area contributed by atoms with E-state index in [0.717, 1.165) is 27.5 Å². The molecule has 0 N–H and O–H groups in total. The van der Waals surface area contributed by atoms with E-state index in [4.69, 9.17) is 8.53 Å². The smallest absolute Gasteiger partial charge is 0.136 e. The number of benzene rings is 3. The third-order valence-electron chi connectivity index (χ3n) is 3.29. The highest BCUT2D eigenvalue weighted by Crippen LogP contribution is 2.36. The van der Waals surface area contributed by atoms with E-state index in [-0.39, 0.29) is 18.1 Å². The summed E-state index contributed by atoms with van der Waals surface area (Å²) in [5.74, 6) is 0. The molecule has 0 saturated carbocycles. The Labute approximate surface area is 115 Å². The van der Waals surface area contributed by atoms with Crippen molar-refractivity contribution in [2.24, 2.45) is 0 Å².